The minimum atomic E-state index is -1.09. The predicted molar refractivity (Wildman–Crippen MR) is 149 cm³/mol. The van der Waals surface area contributed by atoms with Crippen LogP contribution < -0.4 is 16.0 Å². The van der Waals surface area contributed by atoms with Gasteiger partial charge in [-0.15, -0.1) is 0 Å². The van der Waals surface area contributed by atoms with Crippen LogP contribution >= 0.6 is 0 Å². The molecule has 3 atom stereocenters. The van der Waals surface area contributed by atoms with E-state index < -0.39 is 48.0 Å². The summed E-state index contributed by atoms with van der Waals surface area (Å²) in [7, 11) is 0. The van der Waals surface area contributed by atoms with Gasteiger partial charge in [-0.3, -0.25) is 24.6 Å². The summed E-state index contributed by atoms with van der Waals surface area (Å²) in [6.07, 6.45) is 0.0493. The fourth-order valence-corrected chi connectivity index (χ4v) is 4.58. The number of alkyl carbamates (subject to hydrolysis) is 1. The van der Waals surface area contributed by atoms with E-state index in [1.54, 1.807) is 37.3 Å². The summed E-state index contributed by atoms with van der Waals surface area (Å²) >= 11 is 0. The fourth-order valence-electron chi connectivity index (χ4n) is 4.58. The van der Waals surface area contributed by atoms with Gasteiger partial charge in [0, 0.05) is 18.5 Å². The Morgan fingerprint density at radius 1 is 0.975 bits per heavy atom. The highest BCUT2D eigenvalue weighted by molar-refractivity contribution is 6.38. The lowest BCUT2D eigenvalue weighted by Gasteiger charge is -2.25. The predicted octanol–water partition coefficient (Wildman–Crippen LogP) is 4.33. The van der Waals surface area contributed by atoms with E-state index >= 15 is 0 Å². The van der Waals surface area contributed by atoms with E-state index in [0.29, 0.717) is 18.4 Å². The molecule has 3 N–H and O–H groups in total. The maximum absolute atomic E-state index is 13.0. The van der Waals surface area contributed by atoms with Gasteiger partial charge in [0.05, 0.1) is 6.04 Å². The molecular weight excluding hydrogens is 512 g/mol. The first kappa shape index (κ1) is 30.3. The second kappa shape index (κ2) is 13.7. The fraction of sp³-hybridized carbons (Fsp3) is 0.433. The largest absolute Gasteiger partial charge is 0.425 e. The average molecular weight is 551 g/mol. The van der Waals surface area contributed by atoms with Gasteiger partial charge >= 0.3 is 12.1 Å². The summed E-state index contributed by atoms with van der Waals surface area (Å²) < 4.78 is 5.58. The first-order valence-electron chi connectivity index (χ1n) is 13.5. The summed E-state index contributed by atoms with van der Waals surface area (Å²) in [5.74, 6) is -2.15. The monoisotopic (exact) mass is 550 g/mol. The number of carbonyl (C=O) groups excluding carboxylic acids is 5. The van der Waals surface area contributed by atoms with Crippen LogP contribution in [0.25, 0.3) is 0 Å². The molecule has 2 aromatic rings. The third kappa shape index (κ3) is 8.39. The molecule has 1 heterocycles. The molecule has 214 valence electrons. The van der Waals surface area contributed by atoms with Crippen LogP contribution in [0.15, 0.2) is 60.7 Å². The van der Waals surface area contributed by atoms with Crippen LogP contribution in [0.1, 0.15) is 75.3 Å². The molecular formula is C30H38N4O6. The van der Waals surface area contributed by atoms with Gasteiger partial charge in [-0.2, -0.15) is 0 Å². The number of likely N-dealkylation sites (tertiary alicyclic amines) is 1. The van der Waals surface area contributed by atoms with Gasteiger partial charge in [0.15, 0.2) is 6.23 Å². The first-order chi connectivity index (χ1) is 19.0. The van der Waals surface area contributed by atoms with Gasteiger partial charge < -0.3 is 15.4 Å². The Balaban J connectivity index is 1.64. The third-order valence-electron chi connectivity index (χ3n) is 6.76. The summed E-state index contributed by atoms with van der Waals surface area (Å²) in [6, 6.07) is 15.4. The lowest BCUT2D eigenvalue weighted by Crippen LogP contribution is -2.51. The summed E-state index contributed by atoms with van der Waals surface area (Å²) in [5.41, 5.74) is 0.777. The van der Waals surface area contributed by atoms with Crippen LogP contribution in [0, 0.1) is 5.41 Å². The Labute approximate surface area is 234 Å². The molecule has 0 spiro atoms. The number of nitrogens with zero attached hydrogens (tertiary/aromatic N) is 1. The Morgan fingerprint density at radius 2 is 1.60 bits per heavy atom. The molecule has 10 heteroatoms. The molecule has 40 heavy (non-hydrogen) atoms. The first-order valence-corrected chi connectivity index (χ1v) is 13.5. The summed E-state index contributed by atoms with van der Waals surface area (Å²) in [5, 5.41) is 7.56. The van der Waals surface area contributed by atoms with Crippen LogP contribution in [0.4, 0.5) is 9.59 Å². The van der Waals surface area contributed by atoms with Gasteiger partial charge in [-0.05, 0) is 36.5 Å². The molecule has 0 bridgehead atoms. The van der Waals surface area contributed by atoms with Crippen molar-refractivity contribution in [2.24, 2.45) is 5.41 Å². The molecule has 0 aromatic heterocycles. The number of imide groups is 1. The lowest BCUT2D eigenvalue weighted by atomic mass is 9.93. The van der Waals surface area contributed by atoms with Crippen molar-refractivity contribution >= 4 is 29.7 Å². The maximum atomic E-state index is 13.0. The van der Waals surface area contributed by atoms with Crippen LogP contribution in [-0.2, 0) is 14.3 Å². The maximum Gasteiger partial charge on any atom is 0.409 e. The number of hydrogen-bond donors (Lipinski definition) is 3. The van der Waals surface area contributed by atoms with Gasteiger partial charge in [0.2, 0.25) is 5.78 Å². The van der Waals surface area contributed by atoms with E-state index in [4.69, 9.17) is 4.74 Å². The van der Waals surface area contributed by atoms with E-state index in [9.17, 15) is 24.0 Å². The van der Waals surface area contributed by atoms with E-state index in [1.807, 2.05) is 51.1 Å². The minimum absolute atomic E-state index is 0.247. The summed E-state index contributed by atoms with van der Waals surface area (Å²) in [6.45, 7) is 7.79. The van der Waals surface area contributed by atoms with Gasteiger partial charge in [-0.1, -0.05) is 82.1 Å². The van der Waals surface area contributed by atoms with Crippen LogP contribution in [0.2, 0.25) is 0 Å². The highest BCUT2D eigenvalue weighted by atomic mass is 16.6. The van der Waals surface area contributed by atoms with Gasteiger partial charge in [0.25, 0.3) is 11.8 Å². The topological polar surface area (TPSA) is 134 Å². The van der Waals surface area contributed by atoms with Crippen molar-refractivity contribution in [3.63, 3.8) is 0 Å². The van der Waals surface area contributed by atoms with Crippen molar-refractivity contribution < 1.29 is 28.7 Å². The number of Topliss-reactive ketones (excluding diaryl/α,β-unsaturated/α-hetero) is 1. The van der Waals surface area contributed by atoms with E-state index in [-0.39, 0.29) is 18.4 Å². The zero-order valence-electron chi connectivity index (χ0n) is 23.4. The van der Waals surface area contributed by atoms with Crippen molar-refractivity contribution in [2.45, 2.75) is 71.7 Å². The zero-order chi connectivity index (χ0) is 29.3. The van der Waals surface area contributed by atoms with Crippen LogP contribution in [-0.4, -0.2) is 53.4 Å². The molecule has 1 aliphatic rings. The number of hydrogen-bond acceptors (Lipinski definition) is 6. The number of amides is 5. The van der Waals surface area contributed by atoms with Crippen molar-refractivity contribution in [1.82, 2.24) is 20.9 Å². The van der Waals surface area contributed by atoms with Crippen molar-refractivity contribution in [1.29, 1.82) is 0 Å². The molecule has 3 rings (SSSR count). The van der Waals surface area contributed by atoms with Crippen molar-refractivity contribution in [3.05, 3.63) is 71.8 Å². The Hall–Kier alpha value is -4.21. The second-order valence-electron chi connectivity index (χ2n) is 10.8. The number of ketones is 1. The molecule has 1 aliphatic heterocycles. The van der Waals surface area contributed by atoms with Crippen molar-refractivity contribution in [3.8, 4) is 0 Å². The summed E-state index contributed by atoms with van der Waals surface area (Å²) in [4.78, 5) is 65.5. The van der Waals surface area contributed by atoms with E-state index in [2.05, 4.69) is 16.0 Å². The molecule has 0 aliphatic carbocycles. The molecule has 1 saturated heterocycles. The van der Waals surface area contributed by atoms with E-state index in [1.165, 1.54) is 4.90 Å². The molecule has 1 fully saturated rings. The number of benzene rings is 2. The highest BCUT2D eigenvalue weighted by Gasteiger charge is 2.43. The number of urea groups is 1. The molecule has 1 unspecified atom stereocenters. The molecule has 0 saturated carbocycles. The lowest BCUT2D eigenvalue weighted by molar-refractivity contribution is -0.139. The molecule has 0 radical (unpaired) electrons. The Morgan fingerprint density at radius 3 is 2.23 bits per heavy atom. The smallest absolute Gasteiger partial charge is 0.409 e. The van der Waals surface area contributed by atoms with Crippen LogP contribution in [0.5, 0.6) is 0 Å². The SMILES string of the molecule is CCCC[C@H](NC(=O)OC1CC(C)(C)CN1C(=O)NC(=O)c1ccccc1)C(=O)C(=O)N[C@H](C)c1ccccc1. The average Bonchev–Trinajstić information content (AvgIpc) is 3.24. The highest BCUT2D eigenvalue weighted by Crippen LogP contribution is 2.34. The van der Waals surface area contributed by atoms with Gasteiger partial charge in [0.1, 0.15) is 6.04 Å². The quantitative estimate of drug-likeness (QED) is 0.377. The number of ether oxygens (including phenoxy) is 1. The number of unbranched alkanes of at least 4 members (excludes halogenated alkanes) is 1. The Kier molecular flexibility index (Phi) is 10.4. The second-order valence-corrected chi connectivity index (χ2v) is 10.8. The normalized spacial score (nSPS) is 17.3. The van der Waals surface area contributed by atoms with Crippen molar-refractivity contribution in [2.75, 3.05) is 6.54 Å². The molecule has 5 amide bonds. The van der Waals surface area contributed by atoms with Crippen LogP contribution in [0.3, 0.4) is 0 Å². The number of rotatable bonds is 10. The van der Waals surface area contributed by atoms with Gasteiger partial charge in [-0.25, -0.2) is 9.59 Å². The molecule has 2 aromatic carbocycles. The Bertz CT molecular complexity index is 1200. The minimum Gasteiger partial charge on any atom is -0.425 e. The zero-order valence-corrected chi connectivity index (χ0v) is 23.4. The number of carbonyl (C=O) groups is 5. The van der Waals surface area contributed by atoms with E-state index in [0.717, 1.165) is 12.0 Å². The third-order valence-corrected chi connectivity index (χ3v) is 6.76. The standard InChI is InChI=1S/C30H38N4O6/c1-5-6-17-23(25(35)27(37)31-20(2)21-13-9-7-10-14-21)32-29(39)40-24-18-30(3,4)19-34(24)28(38)33-26(36)22-15-11-8-12-16-22/h7-16,20,23-24H,5-6,17-19H2,1-4H3,(H,31,37)(H,32,39)(H,33,36,38)/t20-,23+,24?/m1/s1. The molecule has 10 nitrogen and oxygen atoms in total. The number of nitrogens with one attached hydrogen (secondary N) is 3.